The second-order valence-corrected chi connectivity index (χ2v) is 6.60. The molecule has 0 aliphatic heterocycles. The fourth-order valence-electron chi connectivity index (χ4n) is 3.37. The summed E-state index contributed by atoms with van der Waals surface area (Å²) in [6.07, 6.45) is 12.1. The lowest BCUT2D eigenvalue weighted by Gasteiger charge is -2.30. The van der Waals surface area contributed by atoms with Crippen molar-refractivity contribution in [2.24, 2.45) is 5.92 Å². The van der Waals surface area contributed by atoms with E-state index in [2.05, 4.69) is 17.2 Å². The summed E-state index contributed by atoms with van der Waals surface area (Å²) in [5.74, 6) is 1.26. The van der Waals surface area contributed by atoms with Crippen molar-refractivity contribution < 1.29 is 0 Å². The van der Waals surface area contributed by atoms with Crippen molar-refractivity contribution in [2.45, 2.75) is 64.3 Å². The Bertz CT molecular complexity index is 428. The van der Waals surface area contributed by atoms with E-state index in [1.54, 1.807) is 6.20 Å². The smallest absolute Gasteiger partial charge is 0.128 e. The molecule has 1 saturated carbocycles. The van der Waals surface area contributed by atoms with Crippen molar-refractivity contribution in [2.75, 3.05) is 12.3 Å². The van der Waals surface area contributed by atoms with Gasteiger partial charge in [-0.15, -0.1) is 0 Å². The first-order valence-corrected chi connectivity index (χ1v) is 8.74. The molecule has 1 aromatic heterocycles. The van der Waals surface area contributed by atoms with E-state index in [0.29, 0.717) is 16.8 Å². The maximum absolute atomic E-state index is 6.15. The zero-order valence-corrected chi connectivity index (χ0v) is 13.8. The molecule has 0 saturated heterocycles. The van der Waals surface area contributed by atoms with E-state index in [4.69, 9.17) is 17.3 Å². The Kier molecular flexibility index (Phi) is 6.78. The summed E-state index contributed by atoms with van der Waals surface area (Å²) < 4.78 is 0. The average Bonchev–Trinajstić information content (AvgIpc) is 2.44. The third-order valence-electron chi connectivity index (χ3n) is 4.49. The van der Waals surface area contributed by atoms with Crippen LogP contribution in [0.3, 0.4) is 0 Å². The Labute approximate surface area is 133 Å². The van der Waals surface area contributed by atoms with Gasteiger partial charge in [-0.3, -0.25) is 0 Å². The lowest BCUT2D eigenvalue weighted by Crippen LogP contribution is -2.30. The summed E-state index contributed by atoms with van der Waals surface area (Å²) in [6, 6.07) is 2.28. The standard InChI is InChI=1S/C17H28ClN3/c1-2-10-20-16(13-8-6-4-3-5-7-9-13)15-11-14(18)12-21-17(15)19/h11-13,16,20H,2-10H2,1H3,(H2,19,21). The molecule has 3 nitrogen and oxygen atoms in total. The fourth-order valence-corrected chi connectivity index (χ4v) is 3.53. The van der Waals surface area contributed by atoms with Crippen LogP contribution in [0.5, 0.6) is 0 Å². The number of rotatable bonds is 5. The van der Waals surface area contributed by atoms with Crippen molar-refractivity contribution >= 4 is 17.4 Å². The molecule has 21 heavy (non-hydrogen) atoms. The van der Waals surface area contributed by atoms with E-state index in [9.17, 15) is 0 Å². The van der Waals surface area contributed by atoms with E-state index in [-0.39, 0.29) is 6.04 Å². The van der Waals surface area contributed by atoms with Crippen molar-refractivity contribution in [3.05, 3.63) is 22.8 Å². The molecule has 0 amide bonds. The number of anilines is 1. The highest BCUT2D eigenvalue weighted by atomic mass is 35.5. The Hall–Kier alpha value is -0.800. The number of nitrogens with two attached hydrogens (primary N) is 1. The third-order valence-corrected chi connectivity index (χ3v) is 4.69. The second kappa shape index (κ2) is 8.60. The van der Waals surface area contributed by atoms with Crippen LogP contribution in [0.1, 0.15) is 69.9 Å². The quantitative estimate of drug-likeness (QED) is 0.827. The van der Waals surface area contributed by atoms with Crippen LogP contribution in [0.4, 0.5) is 5.82 Å². The van der Waals surface area contributed by atoms with Gasteiger partial charge in [0, 0.05) is 17.8 Å². The minimum Gasteiger partial charge on any atom is -0.383 e. The van der Waals surface area contributed by atoms with Gasteiger partial charge >= 0.3 is 0 Å². The van der Waals surface area contributed by atoms with Gasteiger partial charge in [-0.2, -0.15) is 0 Å². The van der Waals surface area contributed by atoms with Gasteiger partial charge in [0.05, 0.1) is 5.02 Å². The number of pyridine rings is 1. The number of hydrogen-bond donors (Lipinski definition) is 2. The van der Waals surface area contributed by atoms with Gasteiger partial charge in [-0.1, -0.05) is 50.6 Å². The largest absolute Gasteiger partial charge is 0.383 e. The lowest BCUT2D eigenvalue weighted by molar-refractivity contribution is 0.289. The van der Waals surface area contributed by atoms with E-state index in [1.165, 1.54) is 44.9 Å². The molecule has 1 fully saturated rings. The third kappa shape index (κ3) is 4.86. The van der Waals surface area contributed by atoms with Gasteiger partial charge in [0.1, 0.15) is 5.82 Å². The lowest BCUT2D eigenvalue weighted by atomic mass is 9.83. The Balaban J connectivity index is 2.20. The maximum Gasteiger partial charge on any atom is 0.128 e. The van der Waals surface area contributed by atoms with Crippen LogP contribution in [-0.4, -0.2) is 11.5 Å². The first-order chi connectivity index (χ1) is 10.2. The zero-order valence-electron chi connectivity index (χ0n) is 13.1. The summed E-state index contributed by atoms with van der Waals surface area (Å²) in [5, 5.41) is 4.37. The number of nitrogens with zero attached hydrogens (tertiary/aromatic N) is 1. The van der Waals surface area contributed by atoms with E-state index < -0.39 is 0 Å². The van der Waals surface area contributed by atoms with Crippen molar-refractivity contribution in [3.63, 3.8) is 0 Å². The van der Waals surface area contributed by atoms with Crippen LogP contribution >= 0.6 is 11.6 Å². The number of aromatic nitrogens is 1. The van der Waals surface area contributed by atoms with Crippen molar-refractivity contribution in [1.82, 2.24) is 10.3 Å². The molecule has 4 heteroatoms. The van der Waals surface area contributed by atoms with E-state index >= 15 is 0 Å². The number of halogens is 1. The first kappa shape index (κ1) is 16.6. The molecule has 0 spiro atoms. The number of hydrogen-bond acceptors (Lipinski definition) is 3. The topological polar surface area (TPSA) is 50.9 Å². The fraction of sp³-hybridized carbons (Fsp3) is 0.706. The molecule has 1 heterocycles. The number of nitrogens with one attached hydrogen (secondary N) is 1. The SMILES string of the molecule is CCCNC(c1cc(Cl)cnc1N)C1CCCCCCC1. The normalized spacial score (nSPS) is 19.0. The second-order valence-electron chi connectivity index (χ2n) is 6.16. The molecule has 1 atom stereocenters. The molecule has 1 unspecified atom stereocenters. The molecule has 3 N–H and O–H groups in total. The van der Waals surface area contributed by atoms with Crippen LogP contribution in [0.2, 0.25) is 5.02 Å². The van der Waals surface area contributed by atoms with Crippen LogP contribution in [0.25, 0.3) is 0 Å². The van der Waals surface area contributed by atoms with Gasteiger partial charge in [0.15, 0.2) is 0 Å². The Morgan fingerprint density at radius 2 is 1.95 bits per heavy atom. The molecule has 1 aliphatic carbocycles. The summed E-state index contributed by atoms with van der Waals surface area (Å²) in [4.78, 5) is 4.25. The molecule has 0 aromatic carbocycles. The average molecular weight is 310 g/mol. The molecular formula is C17H28ClN3. The van der Waals surface area contributed by atoms with Gasteiger partial charge in [-0.05, 0) is 37.8 Å². The van der Waals surface area contributed by atoms with Crippen LogP contribution in [0, 0.1) is 5.92 Å². The molecule has 0 bridgehead atoms. The van der Waals surface area contributed by atoms with E-state index in [0.717, 1.165) is 18.5 Å². The molecule has 0 radical (unpaired) electrons. The summed E-state index contributed by atoms with van der Waals surface area (Å²) in [6.45, 7) is 3.20. The molecular weight excluding hydrogens is 282 g/mol. The minimum absolute atomic E-state index is 0.286. The van der Waals surface area contributed by atoms with Crippen LogP contribution in [-0.2, 0) is 0 Å². The highest BCUT2D eigenvalue weighted by Gasteiger charge is 2.25. The summed E-state index contributed by atoms with van der Waals surface area (Å²) in [7, 11) is 0. The summed E-state index contributed by atoms with van der Waals surface area (Å²) >= 11 is 6.15. The molecule has 1 aromatic rings. The van der Waals surface area contributed by atoms with Crippen LogP contribution < -0.4 is 11.1 Å². The van der Waals surface area contributed by atoms with Crippen molar-refractivity contribution in [3.8, 4) is 0 Å². The highest BCUT2D eigenvalue weighted by Crippen LogP contribution is 2.35. The zero-order chi connectivity index (χ0) is 15.1. The van der Waals surface area contributed by atoms with Gasteiger partial charge in [0.25, 0.3) is 0 Å². The molecule has 118 valence electrons. The minimum atomic E-state index is 0.286. The molecule has 1 aliphatic rings. The molecule has 2 rings (SSSR count). The Morgan fingerprint density at radius 1 is 1.29 bits per heavy atom. The maximum atomic E-state index is 6.15. The monoisotopic (exact) mass is 309 g/mol. The van der Waals surface area contributed by atoms with Gasteiger partial charge < -0.3 is 11.1 Å². The predicted molar refractivity (Wildman–Crippen MR) is 90.5 cm³/mol. The van der Waals surface area contributed by atoms with Gasteiger partial charge in [0.2, 0.25) is 0 Å². The number of nitrogen functional groups attached to an aromatic ring is 1. The first-order valence-electron chi connectivity index (χ1n) is 8.36. The highest BCUT2D eigenvalue weighted by molar-refractivity contribution is 6.30. The summed E-state index contributed by atoms with van der Waals surface area (Å²) in [5.41, 5.74) is 7.21. The Morgan fingerprint density at radius 3 is 2.62 bits per heavy atom. The van der Waals surface area contributed by atoms with Gasteiger partial charge in [-0.25, -0.2) is 4.98 Å². The van der Waals surface area contributed by atoms with Crippen LogP contribution in [0.15, 0.2) is 12.3 Å². The van der Waals surface area contributed by atoms with Crippen molar-refractivity contribution in [1.29, 1.82) is 0 Å². The predicted octanol–water partition coefficient (Wildman–Crippen LogP) is 4.72. The van der Waals surface area contributed by atoms with E-state index in [1.807, 2.05) is 6.07 Å².